The lowest BCUT2D eigenvalue weighted by molar-refractivity contribution is -0.117. The first-order valence-electron chi connectivity index (χ1n) is 7.80. The van der Waals surface area contributed by atoms with Gasteiger partial charge in [0.05, 0.1) is 6.04 Å². The summed E-state index contributed by atoms with van der Waals surface area (Å²) in [5.74, 6) is 0.274. The van der Waals surface area contributed by atoms with Gasteiger partial charge >= 0.3 is 0 Å². The second-order valence-corrected chi connectivity index (χ2v) is 5.40. The topological polar surface area (TPSA) is 101 Å². The van der Waals surface area contributed by atoms with E-state index in [4.69, 9.17) is 5.73 Å². The number of anilines is 1. The normalized spacial score (nSPS) is 11.5. The molecule has 0 aliphatic heterocycles. The van der Waals surface area contributed by atoms with Gasteiger partial charge in [-0.3, -0.25) is 9.59 Å². The molecule has 2 rings (SSSR count). The third kappa shape index (κ3) is 5.18. The number of amides is 1. The lowest BCUT2D eigenvalue weighted by atomic mass is 10.1. The predicted octanol–water partition coefficient (Wildman–Crippen LogP) is 2.49. The van der Waals surface area contributed by atoms with E-state index in [0.29, 0.717) is 24.4 Å². The molecule has 4 N–H and O–H groups in total. The monoisotopic (exact) mass is 350 g/mol. The van der Waals surface area contributed by atoms with Crippen molar-refractivity contribution in [3.8, 4) is 11.4 Å². The van der Waals surface area contributed by atoms with Crippen molar-refractivity contribution in [3.63, 3.8) is 0 Å². The van der Waals surface area contributed by atoms with Gasteiger partial charge < -0.3 is 16.0 Å². The average Bonchev–Trinajstić information content (AvgIpc) is 2.54. The van der Waals surface area contributed by atoms with Crippen LogP contribution in [0.2, 0.25) is 0 Å². The van der Waals surface area contributed by atoms with Crippen LogP contribution in [0.25, 0.3) is 11.4 Å². The SMILES string of the molecule is CCCC(N)C(=O)Nc1cccc(-c2nc(CC)cc(=O)[nH]2)c1.Cl. The summed E-state index contributed by atoms with van der Waals surface area (Å²) in [7, 11) is 0. The van der Waals surface area contributed by atoms with Gasteiger partial charge in [-0.25, -0.2) is 4.98 Å². The van der Waals surface area contributed by atoms with Crippen molar-refractivity contribution >= 4 is 24.0 Å². The molecule has 1 amide bonds. The number of carbonyl (C=O) groups is 1. The number of nitrogens with zero attached hydrogens (tertiary/aromatic N) is 1. The summed E-state index contributed by atoms with van der Waals surface area (Å²) >= 11 is 0. The zero-order valence-corrected chi connectivity index (χ0v) is 14.7. The Bertz CT molecular complexity index is 745. The van der Waals surface area contributed by atoms with E-state index in [-0.39, 0.29) is 23.9 Å². The number of hydrogen-bond donors (Lipinski definition) is 3. The molecule has 1 atom stereocenters. The first kappa shape index (κ1) is 19.9. The number of nitrogens with two attached hydrogens (primary N) is 1. The molecule has 6 nitrogen and oxygen atoms in total. The number of H-pyrrole nitrogens is 1. The first-order chi connectivity index (χ1) is 11.0. The molecule has 0 saturated carbocycles. The van der Waals surface area contributed by atoms with E-state index in [0.717, 1.165) is 17.7 Å². The maximum atomic E-state index is 12.0. The van der Waals surface area contributed by atoms with Crippen LogP contribution < -0.4 is 16.6 Å². The molecular formula is C17H23ClN4O2. The number of aromatic nitrogens is 2. The molecule has 24 heavy (non-hydrogen) atoms. The number of halogens is 1. The molecular weight excluding hydrogens is 328 g/mol. The molecule has 0 bridgehead atoms. The van der Waals surface area contributed by atoms with Crippen molar-refractivity contribution < 1.29 is 4.79 Å². The van der Waals surface area contributed by atoms with Gasteiger partial charge in [0.15, 0.2) is 0 Å². The van der Waals surface area contributed by atoms with Gasteiger partial charge in [-0.2, -0.15) is 0 Å². The van der Waals surface area contributed by atoms with Crippen LogP contribution in [0.15, 0.2) is 35.1 Å². The summed E-state index contributed by atoms with van der Waals surface area (Å²) in [6.07, 6.45) is 2.17. The van der Waals surface area contributed by atoms with Crippen LogP contribution >= 0.6 is 12.4 Å². The predicted molar refractivity (Wildman–Crippen MR) is 98.4 cm³/mol. The summed E-state index contributed by atoms with van der Waals surface area (Å²) in [6.45, 7) is 3.92. The fraction of sp³-hybridized carbons (Fsp3) is 0.353. The lowest BCUT2D eigenvalue weighted by Gasteiger charge is -2.12. The number of nitrogens with one attached hydrogen (secondary N) is 2. The number of aromatic amines is 1. The Morgan fingerprint density at radius 3 is 2.75 bits per heavy atom. The van der Waals surface area contributed by atoms with Gasteiger partial charge in [0.1, 0.15) is 5.82 Å². The average molecular weight is 351 g/mol. The minimum Gasteiger partial charge on any atom is -0.325 e. The van der Waals surface area contributed by atoms with Crippen molar-refractivity contribution in [2.24, 2.45) is 5.73 Å². The van der Waals surface area contributed by atoms with E-state index >= 15 is 0 Å². The van der Waals surface area contributed by atoms with E-state index < -0.39 is 6.04 Å². The molecule has 0 saturated heterocycles. The van der Waals surface area contributed by atoms with Gasteiger partial charge in [-0.15, -0.1) is 12.4 Å². The fourth-order valence-corrected chi connectivity index (χ4v) is 2.25. The number of hydrogen-bond acceptors (Lipinski definition) is 4. The Morgan fingerprint density at radius 2 is 2.08 bits per heavy atom. The van der Waals surface area contributed by atoms with Crippen LogP contribution in [0.5, 0.6) is 0 Å². The summed E-state index contributed by atoms with van der Waals surface area (Å²) in [6, 6.07) is 8.15. The highest BCUT2D eigenvalue weighted by atomic mass is 35.5. The van der Waals surface area contributed by atoms with Gasteiger partial charge in [-0.1, -0.05) is 32.4 Å². The molecule has 2 aromatic rings. The molecule has 1 unspecified atom stereocenters. The zero-order valence-electron chi connectivity index (χ0n) is 13.8. The van der Waals surface area contributed by atoms with Crippen LogP contribution in [-0.2, 0) is 11.2 Å². The number of aryl methyl sites for hydroxylation is 1. The summed E-state index contributed by atoms with van der Waals surface area (Å²) < 4.78 is 0. The van der Waals surface area contributed by atoms with Crippen LogP contribution in [0.4, 0.5) is 5.69 Å². The van der Waals surface area contributed by atoms with Gasteiger partial charge in [0, 0.05) is 23.0 Å². The van der Waals surface area contributed by atoms with Crippen LogP contribution in [0.3, 0.4) is 0 Å². The summed E-state index contributed by atoms with van der Waals surface area (Å²) in [4.78, 5) is 30.8. The Hall–Kier alpha value is -2.18. The third-order valence-corrected chi connectivity index (χ3v) is 3.50. The smallest absolute Gasteiger partial charge is 0.251 e. The highest BCUT2D eigenvalue weighted by molar-refractivity contribution is 5.95. The Labute approximate surface area is 147 Å². The number of carbonyl (C=O) groups excluding carboxylic acids is 1. The molecule has 0 radical (unpaired) electrons. The van der Waals surface area contributed by atoms with Crippen LogP contribution in [-0.4, -0.2) is 21.9 Å². The largest absolute Gasteiger partial charge is 0.325 e. The Morgan fingerprint density at radius 1 is 1.33 bits per heavy atom. The fourth-order valence-electron chi connectivity index (χ4n) is 2.25. The quantitative estimate of drug-likeness (QED) is 0.745. The van der Waals surface area contributed by atoms with Crippen molar-refractivity contribution in [1.82, 2.24) is 9.97 Å². The number of rotatable bonds is 6. The van der Waals surface area contributed by atoms with Crippen LogP contribution in [0.1, 0.15) is 32.4 Å². The van der Waals surface area contributed by atoms with Crippen molar-refractivity contribution in [2.45, 2.75) is 39.2 Å². The first-order valence-corrected chi connectivity index (χ1v) is 7.80. The van der Waals surface area contributed by atoms with E-state index in [1.54, 1.807) is 18.2 Å². The van der Waals surface area contributed by atoms with Gasteiger partial charge in [-0.05, 0) is 25.0 Å². The molecule has 7 heteroatoms. The molecule has 1 aromatic heterocycles. The Kier molecular flexibility index (Phi) is 7.61. The van der Waals surface area contributed by atoms with E-state index in [1.165, 1.54) is 6.07 Å². The minimum atomic E-state index is -0.523. The maximum absolute atomic E-state index is 12.0. The lowest BCUT2D eigenvalue weighted by Crippen LogP contribution is -2.35. The van der Waals surface area contributed by atoms with Gasteiger partial charge in [0.25, 0.3) is 5.56 Å². The number of benzene rings is 1. The minimum absolute atomic E-state index is 0. The van der Waals surface area contributed by atoms with E-state index in [9.17, 15) is 9.59 Å². The summed E-state index contributed by atoms with van der Waals surface area (Å²) in [5, 5.41) is 2.80. The van der Waals surface area contributed by atoms with Crippen molar-refractivity contribution in [2.75, 3.05) is 5.32 Å². The van der Waals surface area contributed by atoms with E-state index in [2.05, 4.69) is 15.3 Å². The zero-order chi connectivity index (χ0) is 16.8. The highest BCUT2D eigenvalue weighted by Gasteiger charge is 2.13. The second kappa shape index (κ2) is 9.20. The van der Waals surface area contributed by atoms with Gasteiger partial charge in [0.2, 0.25) is 5.91 Å². The molecule has 0 fully saturated rings. The maximum Gasteiger partial charge on any atom is 0.251 e. The van der Waals surface area contributed by atoms with Crippen LogP contribution in [0, 0.1) is 0 Å². The molecule has 1 heterocycles. The molecule has 0 spiro atoms. The molecule has 1 aromatic carbocycles. The molecule has 0 aliphatic rings. The molecule has 0 aliphatic carbocycles. The third-order valence-electron chi connectivity index (χ3n) is 3.50. The van der Waals surface area contributed by atoms with E-state index in [1.807, 2.05) is 19.9 Å². The molecule has 130 valence electrons. The summed E-state index contributed by atoms with van der Waals surface area (Å²) in [5.41, 5.74) is 7.71. The highest BCUT2D eigenvalue weighted by Crippen LogP contribution is 2.19. The second-order valence-electron chi connectivity index (χ2n) is 5.40. The standard InChI is InChI=1S/C17H22N4O2.ClH/c1-3-6-14(18)17(23)20-13-8-5-7-11(9-13)16-19-12(4-2)10-15(22)21-16;/h5,7-10,14H,3-4,6,18H2,1-2H3,(H,20,23)(H,19,21,22);1H. The van der Waals surface area contributed by atoms with Crippen molar-refractivity contribution in [3.05, 3.63) is 46.4 Å². The van der Waals surface area contributed by atoms with Crippen molar-refractivity contribution in [1.29, 1.82) is 0 Å². The Balaban J connectivity index is 0.00000288.